The summed E-state index contributed by atoms with van der Waals surface area (Å²) in [4.78, 5) is 2.18. The van der Waals surface area contributed by atoms with E-state index in [9.17, 15) is 0 Å². The SMILES string of the molecule is CN(CCCC#N)Cc1ccoc1. The molecule has 0 aliphatic heterocycles. The van der Waals surface area contributed by atoms with Gasteiger partial charge in [0.15, 0.2) is 0 Å². The van der Waals surface area contributed by atoms with Crippen LogP contribution in [0, 0.1) is 11.3 Å². The van der Waals surface area contributed by atoms with Crippen LogP contribution in [0.1, 0.15) is 18.4 Å². The Bertz CT molecular complexity index is 261. The zero-order chi connectivity index (χ0) is 9.52. The van der Waals surface area contributed by atoms with Gasteiger partial charge in [0.2, 0.25) is 0 Å². The summed E-state index contributed by atoms with van der Waals surface area (Å²) in [5.41, 5.74) is 1.18. The summed E-state index contributed by atoms with van der Waals surface area (Å²) >= 11 is 0. The molecule has 0 bridgehead atoms. The summed E-state index contributed by atoms with van der Waals surface area (Å²) in [5.74, 6) is 0. The molecule has 0 N–H and O–H groups in total. The van der Waals surface area contributed by atoms with Gasteiger partial charge in [0.1, 0.15) is 0 Å². The van der Waals surface area contributed by atoms with E-state index >= 15 is 0 Å². The fourth-order valence-electron chi connectivity index (χ4n) is 1.20. The van der Waals surface area contributed by atoms with Crippen molar-refractivity contribution in [2.75, 3.05) is 13.6 Å². The van der Waals surface area contributed by atoms with E-state index < -0.39 is 0 Å². The second kappa shape index (κ2) is 5.39. The van der Waals surface area contributed by atoms with E-state index in [1.54, 1.807) is 12.5 Å². The molecule has 0 saturated heterocycles. The normalized spacial score (nSPS) is 10.2. The Hall–Kier alpha value is -1.27. The molecule has 70 valence electrons. The van der Waals surface area contributed by atoms with Gasteiger partial charge in [-0.05, 0) is 26.1 Å². The zero-order valence-corrected chi connectivity index (χ0v) is 7.86. The molecular formula is C10H14N2O. The molecule has 0 radical (unpaired) electrons. The average molecular weight is 178 g/mol. The highest BCUT2D eigenvalue weighted by Gasteiger charge is 2.00. The fourth-order valence-corrected chi connectivity index (χ4v) is 1.20. The largest absolute Gasteiger partial charge is 0.472 e. The smallest absolute Gasteiger partial charge is 0.0947 e. The summed E-state index contributed by atoms with van der Waals surface area (Å²) in [6.45, 7) is 1.85. The first kappa shape index (κ1) is 9.82. The summed E-state index contributed by atoms with van der Waals surface area (Å²) in [7, 11) is 2.05. The van der Waals surface area contributed by atoms with E-state index in [0.717, 1.165) is 19.5 Å². The first-order chi connectivity index (χ1) is 6.33. The molecule has 0 fully saturated rings. The minimum Gasteiger partial charge on any atom is -0.472 e. The van der Waals surface area contributed by atoms with Crippen molar-refractivity contribution < 1.29 is 4.42 Å². The number of nitrogens with zero attached hydrogens (tertiary/aromatic N) is 2. The average Bonchev–Trinajstić information content (AvgIpc) is 2.57. The number of nitriles is 1. The Labute approximate surface area is 78.6 Å². The van der Waals surface area contributed by atoms with E-state index in [1.807, 2.05) is 13.1 Å². The number of furan rings is 1. The molecule has 1 aromatic rings. The summed E-state index contributed by atoms with van der Waals surface area (Å²) < 4.78 is 4.96. The van der Waals surface area contributed by atoms with Gasteiger partial charge < -0.3 is 9.32 Å². The second-order valence-corrected chi connectivity index (χ2v) is 3.13. The van der Waals surface area contributed by atoms with Crippen LogP contribution in [0.2, 0.25) is 0 Å². The van der Waals surface area contributed by atoms with Crippen molar-refractivity contribution in [3.8, 4) is 6.07 Å². The van der Waals surface area contributed by atoms with Crippen LogP contribution in [-0.2, 0) is 6.54 Å². The molecule has 0 aliphatic rings. The molecule has 0 unspecified atom stereocenters. The summed E-state index contributed by atoms with van der Waals surface area (Å²) in [5, 5.41) is 8.35. The predicted molar refractivity (Wildman–Crippen MR) is 49.9 cm³/mol. The number of rotatable bonds is 5. The third kappa shape index (κ3) is 3.77. The molecule has 1 rings (SSSR count). The lowest BCUT2D eigenvalue weighted by Crippen LogP contribution is -2.18. The molecular weight excluding hydrogens is 164 g/mol. The van der Waals surface area contributed by atoms with E-state index in [2.05, 4.69) is 11.0 Å². The maximum absolute atomic E-state index is 8.35. The molecule has 3 heteroatoms. The quantitative estimate of drug-likeness (QED) is 0.647. The summed E-state index contributed by atoms with van der Waals surface area (Å²) in [6, 6.07) is 4.10. The second-order valence-electron chi connectivity index (χ2n) is 3.13. The first-order valence-electron chi connectivity index (χ1n) is 4.39. The van der Waals surface area contributed by atoms with E-state index in [-0.39, 0.29) is 0 Å². The minimum absolute atomic E-state index is 0.635. The third-order valence-electron chi connectivity index (χ3n) is 1.86. The van der Waals surface area contributed by atoms with Crippen LogP contribution < -0.4 is 0 Å². The van der Waals surface area contributed by atoms with Crippen LogP contribution in [0.3, 0.4) is 0 Å². The standard InChI is InChI=1S/C10H14N2O/c1-12(6-3-2-5-11)8-10-4-7-13-9-10/h4,7,9H,2-3,6,8H2,1H3. The van der Waals surface area contributed by atoms with Crippen molar-refractivity contribution in [3.63, 3.8) is 0 Å². The molecule has 1 aromatic heterocycles. The van der Waals surface area contributed by atoms with Gasteiger partial charge in [-0.15, -0.1) is 0 Å². The van der Waals surface area contributed by atoms with Crippen LogP contribution in [0.25, 0.3) is 0 Å². The number of hydrogen-bond acceptors (Lipinski definition) is 3. The lowest BCUT2D eigenvalue weighted by molar-refractivity contribution is 0.322. The van der Waals surface area contributed by atoms with Gasteiger partial charge in [0, 0.05) is 18.5 Å². The van der Waals surface area contributed by atoms with Crippen molar-refractivity contribution in [2.45, 2.75) is 19.4 Å². The van der Waals surface area contributed by atoms with Crippen molar-refractivity contribution in [1.29, 1.82) is 5.26 Å². The van der Waals surface area contributed by atoms with Gasteiger partial charge in [-0.2, -0.15) is 5.26 Å². The molecule has 0 aromatic carbocycles. The Balaban J connectivity index is 2.19. The molecule has 0 amide bonds. The van der Waals surface area contributed by atoms with Crippen LogP contribution in [0.15, 0.2) is 23.0 Å². The highest BCUT2D eigenvalue weighted by atomic mass is 16.3. The highest BCUT2D eigenvalue weighted by Crippen LogP contribution is 2.04. The zero-order valence-electron chi connectivity index (χ0n) is 7.86. The molecule has 0 saturated carbocycles. The molecule has 3 nitrogen and oxygen atoms in total. The van der Waals surface area contributed by atoms with Gasteiger partial charge >= 0.3 is 0 Å². The van der Waals surface area contributed by atoms with Crippen LogP contribution in [0.5, 0.6) is 0 Å². The minimum atomic E-state index is 0.635. The van der Waals surface area contributed by atoms with Crippen molar-refractivity contribution in [1.82, 2.24) is 4.90 Å². The third-order valence-corrected chi connectivity index (χ3v) is 1.86. The molecule has 0 aliphatic carbocycles. The Morgan fingerprint density at radius 2 is 2.46 bits per heavy atom. The Morgan fingerprint density at radius 1 is 1.62 bits per heavy atom. The van der Waals surface area contributed by atoms with Gasteiger partial charge in [-0.25, -0.2) is 0 Å². The van der Waals surface area contributed by atoms with Crippen LogP contribution in [-0.4, -0.2) is 18.5 Å². The van der Waals surface area contributed by atoms with E-state index in [0.29, 0.717) is 6.42 Å². The van der Waals surface area contributed by atoms with Gasteiger partial charge in [-0.3, -0.25) is 0 Å². The van der Waals surface area contributed by atoms with Crippen molar-refractivity contribution in [2.24, 2.45) is 0 Å². The Morgan fingerprint density at radius 3 is 3.08 bits per heavy atom. The first-order valence-corrected chi connectivity index (χ1v) is 4.39. The predicted octanol–water partition coefficient (Wildman–Crippen LogP) is 2.02. The number of hydrogen-bond donors (Lipinski definition) is 0. The van der Waals surface area contributed by atoms with Crippen LogP contribution >= 0.6 is 0 Å². The molecule has 0 spiro atoms. The number of unbranched alkanes of at least 4 members (excludes halogenated alkanes) is 1. The molecule has 13 heavy (non-hydrogen) atoms. The summed E-state index contributed by atoms with van der Waals surface area (Å²) in [6.07, 6.45) is 5.00. The van der Waals surface area contributed by atoms with E-state index in [4.69, 9.17) is 9.68 Å². The lowest BCUT2D eigenvalue weighted by atomic mass is 10.3. The maximum Gasteiger partial charge on any atom is 0.0947 e. The van der Waals surface area contributed by atoms with E-state index in [1.165, 1.54) is 5.56 Å². The highest BCUT2D eigenvalue weighted by molar-refractivity contribution is 5.04. The monoisotopic (exact) mass is 178 g/mol. The van der Waals surface area contributed by atoms with Gasteiger partial charge in [0.05, 0.1) is 18.6 Å². The fraction of sp³-hybridized carbons (Fsp3) is 0.500. The Kier molecular flexibility index (Phi) is 4.07. The van der Waals surface area contributed by atoms with Gasteiger partial charge in [-0.1, -0.05) is 0 Å². The van der Waals surface area contributed by atoms with Crippen LogP contribution in [0.4, 0.5) is 0 Å². The maximum atomic E-state index is 8.35. The topological polar surface area (TPSA) is 40.2 Å². The molecule has 1 heterocycles. The van der Waals surface area contributed by atoms with Gasteiger partial charge in [0.25, 0.3) is 0 Å². The van der Waals surface area contributed by atoms with Crippen molar-refractivity contribution in [3.05, 3.63) is 24.2 Å². The molecule has 0 atom stereocenters. The lowest BCUT2D eigenvalue weighted by Gasteiger charge is -2.13. The van der Waals surface area contributed by atoms with Crippen molar-refractivity contribution >= 4 is 0 Å².